The van der Waals surface area contributed by atoms with E-state index in [0.717, 1.165) is 31.4 Å². The van der Waals surface area contributed by atoms with Crippen molar-refractivity contribution in [2.75, 3.05) is 11.1 Å². The lowest BCUT2D eigenvalue weighted by molar-refractivity contribution is -0.120. The van der Waals surface area contributed by atoms with Gasteiger partial charge in [-0.3, -0.25) is 4.79 Å². The fraction of sp³-hybridized carbons (Fsp3) is 0.636. The number of nitrogens with two attached hydrogens (primary N) is 1. The van der Waals surface area contributed by atoms with Gasteiger partial charge in [-0.25, -0.2) is 4.98 Å². The minimum Gasteiger partial charge on any atom is -0.389 e. The average Bonchev–Trinajstić information content (AvgIpc) is 2.59. The number of hydrogen-bond donors (Lipinski definition) is 2. The summed E-state index contributed by atoms with van der Waals surface area (Å²) in [5, 5.41) is 4.17. The lowest BCUT2D eigenvalue weighted by Gasteiger charge is -2.19. The highest BCUT2D eigenvalue weighted by Gasteiger charge is 2.21. The van der Waals surface area contributed by atoms with Crippen molar-refractivity contribution in [3.63, 3.8) is 0 Å². The van der Waals surface area contributed by atoms with Crippen LogP contribution in [0.15, 0.2) is 0 Å². The Morgan fingerprint density at radius 3 is 2.69 bits per heavy atom. The molecular weight excluding hydrogens is 222 g/mol. The lowest BCUT2D eigenvalue weighted by Crippen LogP contribution is -2.24. The summed E-state index contributed by atoms with van der Waals surface area (Å²) in [6.07, 6.45) is 5.60. The summed E-state index contributed by atoms with van der Waals surface area (Å²) in [5.41, 5.74) is 6.49. The number of aromatic nitrogens is 1. The van der Waals surface area contributed by atoms with E-state index in [0.29, 0.717) is 10.1 Å². The van der Waals surface area contributed by atoms with Crippen LogP contribution in [0, 0.1) is 12.8 Å². The molecule has 0 unspecified atom stereocenters. The van der Waals surface area contributed by atoms with Crippen molar-refractivity contribution >= 4 is 27.4 Å². The van der Waals surface area contributed by atoms with Crippen LogP contribution in [0.2, 0.25) is 0 Å². The molecule has 1 heterocycles. The van der Waals surface area contributed by atoms with Crippen LogP contribution in [0.1, 0.15) is 37.8 Å². The molecule has 1 aromatic rings. The van der Waals surface area contributed by atoms with Gasteiger partial charge in [-0.05, 0) is 19.8 Å². The van der Waals surface area contributed by atoms with E-state index in [4.69, 9.17) is 5.73 Å². The van der Waals surface area contributed by atoms with Crippen molar-refractivity contribution in [2.24, 2.45) is 5.92 Å². The van der Waals surface area contributed by atoms with Gasteiger partial charge in [0.25, 0.3) is 0 Å². The molecule has 5 heteroatoms. The monoisotopic (exact) mass is 239 g/mol. The summed E-state index contributed by atoms with van der Waals surface area (Å²) in [5.74, 6) is 0.271. The molecule has 16 heavy (non-hydrogen) atoms. The quantitative estimate of drug-likeness (QED) is 0.833. The Hall–Kier alpha value is -1.10. The Labute approximate surface area is 99.3 Å². The highest BCUT2D eigenvalue weighted by atomic mass is 32.1. The van der Waals surface area contributed by atoms with Crippen LogP contribution < -0.4 is 11.1 Å². The fourth-order valence-corrected chi connectivity index (χ4v) is 2.77. The molecule has 0 bridgehead atoms. The molecule has 1 amide bonds. The van der Waals surface area contributed by atoms with Crippen LogP contribution in [-0.4, -0.2) is 10.9 Å². The predicted molar refractivity (Wildman–Crippen MR) is 66.5 cm³/mol. The van der Waals surface area contributed by atoms with Gasteiger partial charge < -0.3 is 11.1 Å². The highest BCUT2D eigenvalue weighted by molar-refractivity contribution is 7.19. The SMILES string of the molecule is Cc1nc(NC(=O)C2CCCCC2)sc1N. The Morgan fingerprint density at radius 1 is 1.44 bits per heavy atom. The third-order valence-electron chi connectivity index (χ3n) is 3.04. The van der Waals surface area contributed by atoms with Gasteiger partial charge in [0, 0.05) is 5.92 Å². The maximum atomic E-state index is 11.9. The summed E-state index contributed by atoms with van der Waals surface area (Å²) < 4.78 is 0. The first kappa shape index (κ1) is 11.4. The number of anilines is 2. The molecule has 0 radical (unpaired) electrons. The standard InChI is InChI=1S/C11H17N3OS/c1-7-9(12)16-11(13-7)14-10(15)8-5-3-2-4-6-8/h8H,2-6,12H2,1H3,(H,13,14,15). The number of rotatable bonds is 2. The third kappa shape index (κ3) is 2.52. The predicted octanol–water partition coefficient (Wildman–Crippen LogP) is 2.55. The zero-order valence-electron chi connectivity index (χ0n) is 9.45. The first-order valence-electron chi connectivity index (χ1n) is 5.70. The molecule has 1 aliphatic rings. The number of amides is 1. The Kier molecular flexibility index (Phi) is 3.43. The van der Waals surface area contributed by atoms with Crippen LogP contribution in [0.4, 0.5) is 10.1 Å². The largest absolute Gasteiger partial charge is 0.389 e. The molecule has 0 saturated heterocycles. The summed E-state index contributed by atoms with van der Waals surface area (Å²) >= 11 is 1.34. The van der Waals surface area contributed by atoms with E-state index in [-0.39, 0.29) is 11.8 Å². The maximum absolute atomic E-state index is 11.9. The number of nitrogens with one attached hydrogen (secondary N) is 1. The van der Waals surface area contributed by atoms with Crippen molar-refractivity contribution in [1.29, 1.82) is 0 Å². The van der Waals surface area contributed by atoms with Gasteiger partial charge in [-0.2, -0.15) is 0 Å². The second-order valence-corrected chi connectivity index (χ2v) is 5.32. The average molecular weight is 239 g/mol. The molecule has 0 aliphatic heterocycles. The molecule has 4 nitrogen and oxygen atoms in total. The molecule has 1 aromatic heterocycles. The van der Waals surface area contributed by atoms with Crippen molar-refractivity contribution in [3.05, 3.63) is 5.69 Å². The molecule has 1 saturated carbocycles. The number of carbonyl (C=O) groups excluding carboxylic acids is 1. The van der Waals surface area contributed by atoms with Gasteiger partial charge in [0.2, 0.25) is 5.91 Å². The molecule has 88 valence electrons. The van der Waals surface area contributed by atoms with E-state index in [1.54, 1.807) is 0 Å². The molecule has 1 aliphatic carbocycles. The summed E-state index contributed by atoms with van der Waals surface area (Å²) in [4.78, 5) is 16.1. The van der Waals surface area contributed by atoms with Gasteiger partial charge in [0.1, 0.15) is 5.00 Å². The Balaban J connectivity index is 1.95. The van der Waals surface area contributed by atoms with Gasteiger partial charge >= 0.3 is 0 Å². The number of carbonyl (C=O) groups is 1. The lowest BCUT2D eigenvalue weighted by atomic mass is 9.89. The number of nitrogens with zero attached hydrogens (tertiary/aromatic N) is 1. The smallest absolute Gasteiger partial charge is 0.229 e. The van der Waals surface area contributed by atoms with Crippen LogP contribution in [-0.2, 0) is 4.79 Å². The van der Waals surface area contributed by atoms with Gasteiger partial charge in [-0.1, -0.05) is 30.6 Å². The van der Waals surface area contributed by atoms with Crippen LogP contribution in [0.25, 0.3) is 0 Å². The molecule has 0 atom stereocenters. The normalized spacial score (nSPS) is 17.3. The molecular formula is C11H17N3OS. The van der Waals surface area contributed by atoms with Gasteiger partial charge in [0.15, 0.2) is 5.13 Å². The van der Waals surface area contributed by atoms with E-state index in [1.165, 1.54) is 17.8 Å². The maximum Gasteiger partial charge on any atom is 0.229 e. The zero-order valence-corrected chi connectivity index (χ0v) is 10.3. The van der Waals surface area contributed by atoms with Crippen molar-refractivity contribution in [1.82, 2.24) is 4.98 Å². The topological polar surface area (TPSA) is 68.0 Å². The number of nitrogen functional groups attached to an aromatic ring is 1. The molecule has 1 fully saturated rings. The molecule has 2 rings (SSSR count). The minimum atomic E-state index is 0.105. The van der Waals surface area contributed by atoms with Gasteiger partial charge in [0.05, 0.1) is 5.69 Å². The number of hydrogen-bond acceptors (Lipinski definition) is 4. The van der Waals surface area contributed by atoms with Gasteiger partial charge in [-0.15, -0.1) is 0 Å². The first-order valence-corrected chi connectivity index (χ1v) is 6.52. The third-order valence-corrected chi connectivity index (χ3v) is 3.94. The molecule has 3 N–H and O–H groups in total. The van der Waals surface area contributed by atoms with Crippen molar-refractivity contribution in [2.45, 2.75) is 39.0 Å². The molecule has 0 spiro atoms. The van der Waals surface area contributed by atoms with E-state index in [2.05, 4.69) is 10.3 Å². The second-order valence-electron chi connectivity index (χ2n) is 4.29. The Morgan fingerprint density at radius 2 is 2.12 bits per heavy atom. The van der Waals surface area contributed by atoms with E-state index < -0.39 is 0 Å². The van der Waals surface area contributed by atoms with Crippen LogP contribution in [0.3, 0.4) is 0 Å². The molecule has 0 aromatic carbocycles. The first-order chi connectivity index (χ1) is 7.66. The Bertz CT molecular complexity index is 363. The zero-order chi connectivity index (χ0) is 11.5. The van der Waals surface area contributed by atoms with E-state index >= 15 is 0 Å². The van der Waals surface area contributed by atoms with Crippen molar-refractivity contribution in [3.8, 4) is 0 Å². The second kappa shape index (κ2) is 4.82. The van der Waals surface area contributed by atoms with E-state index in [1.807, 2.05) is 6.92 Å². The number of thiazole rings is 1. The number of aryl methyl sites for hydroxylation is 1. The summed E-state index contributed by atoms with van der Waals surface area (Å²) in [7, 11) is 0. The summed E-state index contributed by atoms with van der Waals surface area (Å²) in [6.45, 7) is 1.85. The van der Waals surface area contributed by atoms with Crippen molar-refractivity contribution < 1.29 is 4.79 Å². The highest BCUT2D eigenvalue weighted by Crippen LogP contribution is 2.28. The fourth-order valence-electron chi connectivity index (χ4n) is 2.03. The summed E-state index contributed by atoms with van der Waals surface area (Å²) in [6, 6.07) is 0. The minimum absolute atomic E-state index is 0.105. The van der Waals surface area contributed by atoms with Crippen LogP contribution >= 0.6 is 11.3 Å². The van der Waals surface area contributed by atoms with E-state index in [9.17, 15) is 4.79 Å². The van der Waals surface area contributed by atoms with Crippen LogP contribution in [0.5, 0.6) is 0 Å².